The van der Waals surface area contributed by atoms with Crippen molar-refractivity contribution in [1.82, 2.24) is 16.0 Å². The molecule has 0 aliphatic carbocycles. The lowest BCUT2D eigenvalue weighted by molar-refractivity contribution is -0.119. The normalized spacial score (nSPS) is 16.0. The smallest absolute Gasteiger partial charge is 0.265 e. The zero-order valence-corrected chi connectivity index (χ0v) is 27.9. The summed E-state index contributed by atoms with van der Waals surface area (Å²) in [5, 5.41) is 21.7. The number of carbonyl (C=O) groups is 2. The lowest BCUT2D eigenvalue weighted by atomic mass is 10.00. The Labute approximate surface area is 277 Å². The molecule has 3 heterocycles. The van der Waals surface area contributed by atoms with Gasteiger partial charge in [0.05, 0.1) is 24.0 Å². The number of nitrogens with two attached hydrogens (primary N) is 1. The zero-order valence-electron chi connectivity index (χ0n) is 26.2. The van der Waals surface area contributed by atoms with Gasteiger partial charge in [-0.05, 0) is 78.6 Å². The summed E-state index contributed by atoms with van der Waals surface area (Å²) in [4.78, 5) is 30.8. The van der Waals surface area contributed by atoms with Crippen LogP contribution in [0.15, 0.2) is 57.9 Å². The number of anilines is 1. The molecule has 0 spiro atoms. The molecule has 3 aromatic rings. The minimum atomic E-state index is -4.20. The molecular formula is C32H39N7O6S2. The van der Waals surface area contributed by atoms with E-state index >= 15 is 0 Å². The monoisotopic (exact) mass is 681 g/mol. The summed E-state index contributed by atoms with van der Waals surface area (Å²) in [6.45, 7) is 5.31. The van der Waals surface area contributed by atoms with Gasteiger partial charge >= 0.3 is 0 Å². The van der Waals surface area contributed by atoms with Gasteiger partial charge in [-0.25, -0.2) is 8.42 Å². The maximum atomic E-state index is 13.9. The van der Waals surface area contributed by atoms with Gasteiger partial charge in [-0.3, -0.25) is 19.7 Å². The summed E-state index contributed by atoms with van der Waals surface area (Å²) < 4.78 is 36.2. The maximum Gasteiger partial charge on any atom is 0.265 e. The molecular weight excluding hydrogens is 643 g/mol. The number of hydrogen-bond donors (Lipinski definition) is 6. The number of rotatable bonds is 15. The molecule has 7 N–H and O–H groups in total. The topological polar surface area (TPSA) is 197 Å². The molecule has 15 heteroatoms. The Balaban J connectivity index is 1.32. The molecule has 2 aromatic carbocycles. The first-order valence-corrected chi connectivity index (χ1v) is 17.7. The Bertz CT molecular complexity index is 1790. The van der Waals surface area contributed by atoms with Crippen LogP contribution in [0.2, 0.25) is 0 Å². The number of thiophene rings is 1. The van der Waals surface area contributed by atoms with Gasteiger partial charge < -0.3 is 31.3 Å². The third-order valence-corrected chi connectivity index (χ3v) is 10.0. The largest absolute Gasteiger partial charge is 0.492 e. The van der Waals surface area contributed by atoms with Crippen molar-refractivity contribution in [1.29, 1.82) is 5.41 Å². The number of carbonyl (C=O) groups excluding carboxylic acids is 2. The number of oxime groups is 1. The van der Waals surface area contributed by atoms with Gasteiger partial charge in [-0.1, -0.05) is 23.4 Å². The van der Waals surface area contributed by atoms with E-state index in [9.17, 15) is 18.0 Å². The average molecular weight is 682 g/mol. The van der Waals surface area contributed by atoms with E-state index in [0.29, 0.717) is 51.3 Å². The van der Waals surface area contributed by atoms with Crippen LogP contribution in [0, 0.1) is 5.41 Å². The van der Waals surface area contributed by atoms with Crippen molar-refractivity contribution >= 4 is 50.4 Å². The van der Waals surface area contributed by atoms with Crippen LogP contribution in [0.3, 0.4) is 0 Å². The molecule has 47 heavy (non-hydrogen) atoms. The molecule has 2 unspecified atom stereocenters. The van der Waals surface area contributed by atoms with Crippen LogP contribution in [0.4, 0.5) is 5.69 Å². The van der Waals surface area contributed by atoms with Crippen LogP contribution in [0.25, 0.3) is 11.1 Å². The number of Topliss-reactive ketones (excluding diaryl/α,β-unsaturated/α-hetero) is 1. The third-order valence-electron chi connectivity index (χ3n) is 7.74. The van der Waals surface area contributed by atoms with Gasteiger partial charge in [0.2, 0.25) is 0 Å². The van der Waals surface area contributed by atoms with E-state index in [1.165, 1.54) is 13.0 Å². The van der Waals surface area contributed by atoms with Crippen LogP contribution < -0.4 is 31.1 Å². The number of nitrogens with zero attached hydrogens (tertiary/aromatic N) is 1. The summed E-state index contributed by atoms with van der Waals surface area (Å²) in [7, 11) is -4.20. The van der Waals surface area contributed by atoms with Gasteiger partial charge in [-0.15, -0.1) is 11.3 Å². The fourth-order valence-electron chi connectivity index (χ4n) is 5.42. The third kappa shape index (κ3) is 8.67. The van der Waals surface area contributed by atoms with E-state index in [0.717, 1.165) is 45.7 Å². The minimum Gasteiger partial charge on any atom is -0.492 e. The molecule has 250 valence electrons. The van der Waals surface area contributed by atoms with Crippen molar-refractivity contribution in [2.75, 3.05) is 24.4 Å². The van der Waals surface area contributed by atoms with E-state index in [-0.39, 0.29) is 33.3 Å². The van der Waals surface area contributed by atoms with Gasteiger partial charge in [0.25, 0.3) is 15.9 Å². The number of sulfonamides is 1. The van der Waals surface area contributed by atoms with E-state index in [2.05, 4.69) is 25.8 Å². The minimum absolute atomic E-state index is 0.0171. The van der Waals surface area contributed by atoms with E-state index in [1.807, 2.05) is 37.3 Å². The highest BCUT2D eigenvalue weighted by atomic mass is 32.2. The second-order valence-electron chi connectivity index (χ2n) is 11.5. The number of ether oxygens (including phenoxy) is 1. The highest BCUT2D eigenvalue weighted by Crippen LogP contribution is 2.39. The number of ketones is 1. The number of guanidine groups is 1. The fourth-order valence-corrected chi connectivity index (χ4v) is 7.52. The van der Waals surface area contributed by atoms with E-state index < -0.39 is 22.0 Å². The van der Waals surface area contributed by atoms with Crippen molar-refractivity contribution in [3.63, 3.8) is 0 Å². The number of nitrogens with one attached hydrogen (secondary N) is 5. The van der Waals surface area contributed by atoms with Crippen LogP contribution >= 0.6 is 11.3 Å². The second kappa shape index (κ2) is 15.0. The first kappa shape index (κ1) is 33.9. The van der Waals surface area contributed by atoms with Gasteiger partial charge in [0.1, 0.15) is 21.6 Å². The second-order valence-corrected chi connectivity index (χ2v) is 14.1. The molecule has 5 rings (SSSR count). The molecule has 0 saturated carbocycles. The maximum absolute atomic E-state index is 13.9. The number of hydrogen-bond acceptors (Lipinski definition) is 10. The quantitative estimate of drug-likeness (QED) is 0.0792. The van der Waals surface area contributed by atoms with Crippen LogP contribution in [0.1, 0.15) is 53.9 Å². The molecule has 1 aromatic heterocycles. The van der Waals surface area contributed by atoms with E-state index in [4.69, 9.17) is 20.7 Å². The van der Waals surface area contributed by atoms with E-state index in [1.54, 1.807) is 11.4 Å². The first-order valence-electron chi connectivity index (χ1n) is 15.3. The fraction of sp³-hybridized carbons (Fsp3) is 0.375. The summed E-state index contributed by atoms with van der Waals surface area (Å²) in [5.41, 5.74) is 9.77. The summed E-state index contributed by atoms with van der Waals surface area (Å²) in [6, 6.07) is 12.2. The van der Waals surface area contributed by atoms with Gasteiger partial charge in [-0.2, -0.15) is 0 Å². The first-order chi connectivity index (χ1) is 22.5. The SMILES string of the molecule is CC(=O)C(CCCNC(=N)N)NC(=O)c1sccc1NS(=O)(=O)c1cc(-c2cccc(CNCC3=NOC(C)C3)c2)cc2c1OCC2. The number of fused-ring (bicyclic) bond motifs is 1. The summed E-state index contributed by atoms with van der Waals surface area (Å²) in [6.07, 6.45) is 2.27. The van der Waals surface area contributed by atoms with Crippen molar-refractivity contribution in [2.45, 2.75) is 63.1 Å². The summed E-state index contributed by atoms with van der Waals surface area (Å²) >= 11 is 1.06. The number of benzene rings is 2. The zero-order chi connectivity index (χ0) is 33.6. The van der Waals surface area contributed by atoms with Crippen LogP contribution in [-0.4, -0.2) is 63.6 Å². The average Bonchev–Trinajstić information content (AvgIpc) is 3.79. The molecule has 0 bridgehead atoms. The lowest BCUT2D eigenvalue weighted by Gasteiger charge is -2.17. The molecule has 2 aliphatic rings. The molecule has 2 atom stereocenters. The lowest BCUT2D eigenvalue weighted by Crippen LogP contribution is -2.40. The van der Waals surface area contributed by atoms with Gasteiger partial charge in [0.15, 0.2) is 11.7 Å². The van der Waals surface area contributed by atoms with Gasteiger partial charge in [0, 0.05) is 32.5 Å². The molecule has 0 radical (unpaired) electrons. The van der Waals surface area contributed by atoms with Crippen molar-refractivity contribution in [2.24, 2.45) is 10.9 Å². The Hall–Kier alpha value is -4.47. The Morgan fingerprint density at radius 3 is 2.74 bits per heavy atom. The molecule has 13 nitrogen and oxygen atoms in total. The standard InChI is InChI=1S/C32H39N7O6S2/c1-19-13-25(38-45-19)18-35-17-21-5-3-6-22(14-21)24-15-23-8-11-44-29(23)28(16-24)47(42,43)39-27-9-12-46-30(27)31(41)37-26(20(2)40)7-4-10-36-32(33)34/h3,5-6,9,12,14-16,19,26,35,39H,4,7-8,10-11,13,17-18H2,1-2H3,(H,37,41)(H4,33,34,36). The highest BCUT2D eigenvalue weighted by molar-refractivity contribution is 7.92. The molecule has 0 saturated heterocycles. The predicted octanol–water partition coefficient (Wildman–Crippen LogP) is 3.36. The summed E-state index contributed by atoms with van der Waals surface area (Å²) in [5.74, 6) is -0.690. The van der Waals surface area contributed by atoms with Crippen LogP contribution in [-0.2, 0) is 32.6 Å². The van der Waals surface area contributed by atoms with Crippen molar-refractivity contribution in [3.05, 3.63) is 63.8 Å². The molecule has 0 fully saturated rings. The molecule has 2 aliphatic heterocycles. The highest BCUT2D eigenvalue weighted by Gasteiger charge is 2.29. The van der Waals surface area contributed by atoms with Crippen LogP contribution in [0.5, 0.6) is 5.75 Å². The van der Waals surface area contributed by atoms with Crippen molar-refractivity contribution in [3.8, 4) is 16.9 Å². The Morgan fingerprint density at radius 1 is 1.17 bits per heavy atom. The molecule has 1 amide bonds. The van der Waals surface area contributed by atoms with Crippen molar-refractivity contribution < 1.29 is 27.6 Å². The predicted molar refractivity (Wildman–Crippen MR) is 182 cm³/mol. The Kier molecular flexibility index (Phi) is 10.8. The Morgan fingerprint density at radius 2 is 2.00 bits per heavy atom. The number of amides is 1.